The molecule has 0 heterocycles. The summed E-state index contributed by atoms with van der Waals surface area (Å²) in [6.45, 7) is 2.44. The quantitative estimate of drug-likeness (QED) is 0.614. The lowest BCUT2D eigenvalue weighted by atomic mass is 10.2. The Bertz CT molecular complexity index is 363. The van der Waals surface area contributed by atoms with Gasteiger partial charge in [0.15, 0.2) is 0 Å². The van der Waals surface area contributed by atoms with Gasteiger partial charge in [-0.3, -0.25) is 10.1 Å². The summed E-state index contributed by atoms with van der Waals surface area (Å²) in [5.41, 5.74) is 1.08. The van der Waals surface area contributed by atoms with E-state index >= 15 is 0 Å². The standard InChI is InChI=1S/C12H15NO3/c1-2-3-7-16-12(15)13-11-6-4-5-10(8-11)9-14/h4-6,8-9H,2-3,7H2,1H3,(H,13,15). The molecule has 0 unspecified atom stereocenters. The maximum Gasteiger partial charge on any atom is 0.411 e. The van der Waals surface area contributed by atoms with Crippen molar-refractivity contribution in [1.82, 2.24) is 0 Å². The molecule has 1 rings (SSSR count). The maximum atomic E-state index is 11.3. The minimum atomic E-state index is -0.489. The van der Waals surface area contributed by atoms with Gasteiger partial charge in [-0.25, -0.2) is 4.79 Å². The zero-order valence-electron chi connectivity index (χ0n) is 9.23. The number of unbranched alkanes of at least 4 members (excludes halogenated alkanes) is 1. The molecular weight excluding hydrogens is 206 g/mol. The zero-order chi connectivity index (χ0) is 11.8. The predicted octanol–water partition coefficient (Wildman–Crippen LogP) is 2.85. The molecule has 0 saturated heterocycles. The van der Waals surface area contributed by atoms with Crippen molar-refractivity contribution in [2.75, 3.05) is 11.9 Å². The summed E-state index contributed by atoms with van der Waals surface area (Å²) in [6.07, 6.45) is 2.07. The Kier molecular flexibility index (Phi) is 5.05. The Hall–Kier alpha value is -1.84. The molecule has 0 aliphatic rings. The van der Waals surface area contributed by atoms with E-state index in [-0.39, 0.29) is 0 Å². The van der Waals surface area contributed by atoms with Gasteiger partial charge in [-0.2, -0.15) is 0 Å². The number of ether oxygens (including phenoxy) is 1. The fourth-order valence-electron chi connectivity index (χ4n) is 1.15. The van der Waals surface area contributed by atoms with Crippen molar-refractivity contribution >= 4 is 18.1 Å². The first-order chi connectivity index (χ1) is 7.76. The van der Waals surface area contributed by atoms with Crippen LogP contribution in [0.3, 0.4) is 0 Å². The third-order valence-corrected chi connectivity index (χ3v) is 2.00. The minimum absolute atomic E-state index is 0.412. The van der Waals surface area contributed by atoms with Crippen LogP contribution >= 0.6 is 0 Å². The molecule has 1 aromatic rings. The fourth-order valence-corrected chi connectivity index (χ4v) is 1.15. The molecule has 0 radical (unpaired) electrons. The first-order valence-corrected chi connectivity index (χ1v) is 5.25. The molecule has 4 nitrogen and oxygen atoms in total. The molecule has 16 heavy (non-hydrogen) atoms. The summed E-state index contributed by atoms with van der Waals surface area (Å²) in [6, 6.07) is 6.66. The van der Waals surface area contributed by atoms with Crippen molar-refractivity contribution in [3.05, 3.63) is 29.8 Å². The number of aldehydes is 1. The molecule has 1 aromatic carbocycles. The molecule has 1 N–H and O–H groups in total. The van der Waals surface area contributed by atoms with Crippen LogP contribution in [0.25, 0.3) is 0 Å². The van der Waals surface area contributed by atoms with Gasteiger partial charge in [-0.1, -0.05) is 25.5 Å². The first kappa shape index (κ1) is 12.2. The van der Waals surface area contributed by atoms with Gasteiger partial charge in [0.2, 0.25) is 0 Å². The van der Waals surface area contributed by atoms with E-state index in [4.69, 9.17) is 4.74 Å². The predicted molar refractivity (Wildman–Crippen MR) is 61.7 cm³/mol. The third-order valence-electron chi connectivity index (χ3n) is 2.00. The Balaban J connectivity index is 2.46. The van der Waals surface area contributed by atoms with Gasteiger partial charge in [-0.15, -0.1) is 0 Å². The van der Waals surface area contributed by atoms with Crippen LogP contribution in [0.15, 0.2) is 24.3 Å². The van der Waals surface area contributed by atoms with Crippen LogP contribution in [0.4, 0.5) is 10.5 Å². The smallest absolute Gasteiger partial charge is 0.411 e. The van der Waals surface area contributed by atoms with Crippen molar-refractivity contribution in [3.63, 3.8) is 0 Å². The highest BCUT2D eigenvalue weighted by molar-refractivity contribution is 5.86. The van der Waals surface area contributed by atoms with Crippen molar-refractivity contribution in [1.29, 1.82) is 0 Å². The van der Waals surface area contributed by atoms with Gasteiger partial charge >= 0.3 is 6.09 Å². The molecule has 0 atom stereocenters. The SMILES string of the molecule is CCCCOC(=O)Nc1cccc(C=O)c1. The second-order valence-corrected chi connectivity index (χ2v) is 3.36. The third kappa shape index (κ3) is 4.13. The molecule has 4 heteroatoms. The summed E-state index contributed by atoms with van der Waals surface area (Å²) in [5.74, 6) is 0. The van der Waals surface area contributed by atoms with E-state index in [2.05, 4.69) is 5.32 Å². The number of hydrogen-bond donors (Lipinski definition) is 1. The summed E-state index contributed by atoms with van der Waals surface area (Å²) in [7, 11) is 0. The second-order valence-electron chi connectivity index (χ2n) is 3.36. The van der Waals surface area contributed by atoms with E-state index in [1.807, 2.05) is 6.92 Å². The number of hydrogen-bond acceptors (Lipinski definition) is 3. The number of carbonyl (C=O) groups excluding carboxylic acids is 2. The highest BCUT2D eigenvalue weighted by atomic mass is 16.5. The van der Waals surface area contributed by atoms with E-state index in [1.165, 1.54) is 0 Å². The Morgan fingerprint density at radius 1 is 1.50 bits per heavy atom. The number of benzene rings is 1. The summed E-state index contributed by atoms with van der Waals surface area (Å²) < 4.78 is 4.92. The molecule has 0 fully saturated rings. The average Bonchev–Trinajstić information content (AvgIpc) is 2.29. The highest BCUT2D eigenvalue weighted by Gasteiger charge is 2.02. The minimum Gasteiger partial charge on any atom is -0.449 e. The van der Waals surface area contributed by atoms with E-state index in [0.717, 1.165) is 19.1 Å². The van der Waals surface area contributed by atoms with Gasteiger partial charge in [-0.05, 0) is 18.6 Å². The van der Waals surface area contributed by atoms with Crippen LogP contribution in [0, 0.1) is 0 Å². The van der Waals surface area contributed by atoms with Crippen LogP contribution in [-0.4, -0.2) is 19.0 Å². The van der Waals surface area contributed by atoms with Crippen molar-refractivity contribution in [2.24, 2.45) is 0 Å². The monoisotopic (exact) mass is 221 g/mol. The van der Waals surface area contributed by atoms with Crippen LogP contribution in [0.2, 0.25) is 0 Å². The zero-order valence-corrected chi connectivity index (χ0v) is 9.23. The molecule has 1 amide bonds. The van der Waals surface area contributed by atoms with Crippen LogP contribution < -0.4 is 5.32 Å². The van der Waals surface area contributed by atoms with Gasteiger partial charge in [0.1, 0.15) is 6.29 Å². The molecule has 0 bridgehead atoms. The van der Waals surface area contributed by atoms with Crippen molar-refractivity contribution in [2.45, 2.75) is 19.8 Å². The molecule has 0 aromatic heterocycles. The normalized spacial score (nSPS) is 9.56. The summed E-state index contributed by atoms with van der Waals surface area (Å²) in [4.78, 5) is 21.8. The van der Waals surface area contributed by atoms with E-state index < -0.39 is 6.09 Å². The van der Waals surface area contributed by atoms with E-state index in [0.29, 0.717) is 17.9 Å². The lowest BCUT2D eigenvalue weighted by Gasteiger charge is -2.06. The fraction of sp³-hybridized carbons (Fsp3) is 0.333. The Morgan fingerprint density at radius 2 is 2.31 bits per heavy atom. The van der Waals surface area contributed by atoms with Crippen LogP contribution in [0.5, 0.6) is 0 Å². The van der Waals surface area contributed by atoms with Crippen LogP contribution in [0.1, 0.15) is 30.1 Å². The van der Waals surface area contributed by atoms with Gasteiger partial charge < -0.3 is 4.74 Å². The lowest BCUT2D eigenvalue weighted by Crippen LogP contribution is -2.14. The molecule has 86 valence electrons. The molecule has 0 aliphatic heterocycles. The lowest BCUT2D eigenvalue weighted by molar-refractivity contribution is 0.112. The largest absolute Gasteiger partial charge is 0.449 e. The number of amides is 1. The first-order valence-electron chi connectivity index (χ1n) is 5.25. The highest BCUT2D eigenvalue weighted by Crippen LogP contribution is 2.09. The van der Waals surface area contributed by atoms with Gasteiger partial charge in [0.05, 0.1) is 6.61 Å². The number of carbonyl (C=O) groups is 2. The topological polar surface area (TPSA) is 55.4 Å². The van der Waals surface area contributed by atoms with Gasteiger partial charge in [0, 0.05) is 11.3 Å². The number of rotatable bonds is 5. The summed E-state index contributed by atoms with van der Waals surface area (Å²) >= 11 is 0. The molecular formula is C12H15NO3. The van der Waals surface area contributed by atoms with E-state index in [1.54, 1.807) is 24.3 Å². The maximum absolute atomic E-state index is 11.3. The molecule has 0 spiro atoms. The molecule has 0 saturated carbocycles. The van der Waals surface area contributed by atoms with Crippen LogP contribution in [-0.2, 0) is 4.74 Å². The van der Waals surface area contributed by atoms with Crippen molar-refractivity contribution in [3.8, 4) is 0 Å². The Labute approximate surface area is 94.6 Å². The van der Waals surface area contributed by atoms with E-state index in [9.17, 15) is 9.59 Å². The number of nitrogens with one attached hydrogen (secondary N) is 1. The average molecular weight is 221 g/mol. The Morgan fingerprint density at radius 3 is 3.00 bits per heavy atom. The number of anilines is 1. The van der Waals surface area contributed by atoms with Gasteiger partial charge in [0.25, 0.3) is 0 Å². The second kappa shape index (κ2) is 6.61. The van der Waals surface area contributed by atoms with Crippen molar-refractivity contribution < 1.29 is 14.3 Å². The molecule has 0 aliphatic carbocycles. The summed E-state index contributed by atoms with van der Waals surface area (Å²) in [5, 5.41) is 2.56.